The Kier molecular flexibility index (Phi) is 5.67. The molecule has 1 amide bonds. The Balaban J connectivity index is 1.42. The van der Waals surface area contributed by atoms with Crippen LogP contribution < -0.4 is 0 Å². The summed E-state index contributed by atoms with van der Waals surface area (Å²) in [4.78, 5) is 23.0. The maximum absolute atomic E-state index is 13.4. The van der Waals surface area contributed by atoms with Gasteiger partial charge in [-0.2, -0.15) is 5.10 Å². The van der Waals surface area contributed by atoms with E-state index in [4.69, 9.17) is 0 Å². The van der Waals surface area contributed by atoms with Gasteiger partial charge in [-0.05, 0) is 36.8 Å². The molecule has 0 unspecified atom stereocenters. The molecule has 0 N–H and O–H groups in total. The molecule has 0 aliphatic rings. The van der Waals surface area contributed by atoms with E-state index >= 15 is 0 Å². The summed E-state index contributed by atoms with van der Waals surface area (Å²) in [5.74, 6) is -0.331. The van der Waals surface area contributed by atoms with Crippen LogP contribution in [0.25, 0.3) is 16.3 Å². The number of hydrogen-bond acceptors (Lipinski definition) is 5. The molecule has 0 radical (unpaired) electrons. The Morgan fingerprint density at radius 2 is 2.03 bits per heavy atom. The second-order valence-electron chi connectivity index (χ2n) is 6.94. The number of rotatable bonds is 6. The SMILES string of the molecule is C[C@H](c1ccc(-n2cncn2)cc1)N(C)C(=O)Cc1csc(-c2cccc(F)c2)n1. The van der Waals surface area contributed by atoms with Crippen LogP contribution in [-0.2, 0) is 11.2 Å². The largest absolute Gasteiger partial charge is 0.339 e. The Morgan fingerprint density at radius 1 is 1.23 bits per heavy atom. The maximum atomic E-state index is 13.4. The molecule has 152 valence electrons. The van der Waals surface area contributed by atoms with E-state index in [1.807, 2.05) is 42.6 Å². The Morgan fingerprint density at radius 3 is 2.73 bits per heavy atom. The lowest BCUT2D eigenvalue weighted by Crippen LogP contribution is -2.31. The monoisotopic (exact) mass is 421 g/mol. The van der Waals surface area contributed by atoms with Crippen molar-refractivity contribution in [3.05, 3.63) is 83.6 Å². The molecule has 4 rings (SSSR count). The summed E-state index contributed by atoms with van der Waals surface area (Å²) in [5, 5.41) is 6.67. The van der Waals surface area contributed by atoms with Crippen LogP contribution in [0, 0.1) is 5.82 Å². The van der Waals surface area contributed by atoms with Gasteiger partial charge >= 0.3 is 0 Å². The standard InChI is InChI=1S/C22H20FN5OS/c1-15(16-6-8-20(9-7-16)28-14-24-13-25-28)27(2)21(29)11-19-12-30-22(26-19)17-4-3-5-18(23)10-17/h3-10,12-15H,11H2,1-2H3/t15-/m1/s1. The van der Waals surface area contributed by atoms with Gasteiger partial charge in [0.05, 0.1) is 23.8 Å². The van der Waals surface area contributed by atoms with E-state index in [-0.39, 0.29) is 24.2 Å². The lowest BCUT2D eigenvalue weighted by atomic mass is 10.1. The second kappa shape index (κ2) is 8.54. The van der Waals surface area contributed by atoms with Crippen LogP contribution in [0.3, 0.4) is 0 Å². The number of thiazole rings is 1. The smallest absolute Gasteiger partial charge is 0.228 e. The lowest BCUT2D eigenvalue weighted by molar-refractivity contribution is -0.131. The fraction of sp³-hybridized carbons (Fsp3) is 0.182. The lowest BCUT2D eigenvalue weighted by Gasteiger charge is -2.25. The number of hydrogen-bond donors (Lipinski definition) is 0. The molecule has 2 aromatic carbocycles. The molecule has 30 heavy (non-hydrogen) atoms. The number of carbonyl (C=O) groups is 1. The molecule has 0 aliphatic heterocycles. The highest BCUT2D eigenvalue weighted by Gasteiger charge is 2.19. The zero-order valence-corrected chi connectivity index (χ0v) is 17.4. The van der Waals surface area contributed by atoms with E-state index in [9.17, 15) is 9.18 Å². The fourth-order valence-electron chi connectivity index (χ4n) is 3.11. The van der Waals surface area contributed by atoms with Crippen LogP contribution in [0.2, 0.25) is 0 Å². The average Bonchev–Trinajstić information content (AvgIpc) is 3.45. The molecule has 2 heterocycles. The van der Waals surface area contributed by atoms with Gasteiger partial charge in [0.1, 0.15) is 23.5 Å². The first-order valence-electron chi connectivity index (χ1n) is 9.42. The van der Waals surface area contributed by atoms with Crippen LogP contribution in [0.1, 0.15) is 24.2 Å². The van der Waals surface area contributed by atoms with Crippen LogP contribution in [0.15, 0.2) is 66.6 Å². The minimum Gasteiger partial charge on any atom is -0.339 e. The predicted molar refractivity (Wildman–Crippen MR) is 114 cm³/mol. The summed E-state index contributed by atoms with van der Waals surface area (Å²) in [7, 11) is 1.79. The molecule has 1 atom stereocenters. The molecule has 0 saturated heterocycles. The van der Waals surface area contributed by atoms with Crippen LogP contribution in [0.4, 0.5) is 4.39 Å². The molecule has 0 spiro atoms. The molecular weight excluding hydrogens is 401 g/mol. The van der Waals surface area contributed by atoms with Crippen LogP contribution >= 0.6 is 11.3 Å². The Hall–Kier alpha value is -3.39. The van der Waals surface area contributed by atoms with Crippen molar-refractivity contribution in [2.75, 3.05) is 7.05 Å². The average molecular weight is 422 g/mol. The minimum atomic E-state index is -0.302. The van der Waals surface area contributed by atoms with E-state index in [0.717, 1.165) is 11.3 Å². The maximum Gasteiger partial charge on any atom is 0.228 e. The normalized spacial score (nSPS) is 12.0. The minimum absolute atomic E-state index is 0.0288. The number of nitrogens with zero attached hydrogens (tertiary/aromatic N) is 5. The molecule has 6 nitrogen and oxygen atoms in total. The van der Waals surface area contributed by atoms with Crippen molar-refractivity contribution >= 4 is 17.2 Å². The van der Waals surface area contributed by atoms with Crippen molar-refractivity contribution in [2.45, 2.75) is 19.4 Å². The highest BCUT2D eigenvalue weighted by Crippen LogP contribution is 2.26. The first kappa shape index (κ1) is 19.9. The van der Waals surface area contributed by atoms with Crippen molar-refractivity contribution in [2.24, 2.45) is 0 Å². The zero-order valence-electron chi connectivity index (χ0n) is 16.6. The van der Waals surface area contributed by atoms with Gasteiger partial charge in [-0.25, -0.2) is 19.0 Å². The number of amides is 1. The van der Waals surface area contributed by atoms with Gasteiger partial charge in [0.15, 0.2) is 0 Å². The summed E-state index contributed by atoms with van der Waals surface area (Å²) in [6.07, 6.45) is 3.32. The molecule has 4 aromatic rings. The van der Waals surface area contributed by atoms with E-state index in [1.165, 1.54) is 29.8 Å². The second-order valence-corrected chi connectivity index (χ2v) is 7.80. The molecular formula is C22H20FN5OS. The number of benzene rings is 2. The highest BCUT2D eigenvalue weighted by molar-refractivity contribution is 7.13. The third-order valence-corrected chi connectivity index (χ3v) is 5.93. The Bertz CT molecular complexity index is 1140. The van der Waals surface area contributed by atoms with Crippen LogP contribution in [-0.4, -0.2) is 37.6 Å². The summed E-state index contributed by atoms with van der Waals surface area (Å²) in [6, 6.07) is 14.1. The number of likely N-dealkylation sites (N-methyl/N-ethyl adjacent to an activating group) is 1. The highest BCUT2D eigenvalue weighted by atomic mass is 32.1. The predicted octanol–water partition coefficient (Wildman–Crippen LogP) is 4.29. The van der Waals surface area contributed by atoms with Gasteiger partial charge < -0.3 is 4.90 Å². The van der Waals surface area contributed by atoms with E-state index in [2.05, 4.69) is 15.1 Å². The van der Waals surface area contributed by atoms with Crippen molar-refractivity contribution in [1.82, 2.24) is 24.6 Å². The topological polar surface area (TPSA) is 63.9 Å². The van der Waals surface area contributed by atoms with E-state index in [1.54, 1.807) is 29.0 Å². The van der Waals surface area contributed by atoms with Crippen molar-refractivity contribution in [3.63, 3.8) is 0 Å². The Labute approximate surface area is 177 Å². The third kappa shape index (κ3) is 4.28. The van der Waals surface area contributed by atoms with Gasteiger partial charge in [-0.15, -0.1) is 11.3 Å². The van der Waals surface area contributed by atoms with Crippen molar-refractivity contribution in [1.29, 1.82) is 0 Å². The van der Waals surface area contributed by atoms with Crippen molar-refractivity contribution in [3.8, 4) is 16.3 Å². The summed E-state index contributed by atoms with van der Waals surface area (Å²) < 4.78 is 15.1. The molecule has 0 bridgehead atoms. The summed E-state index contributed by atoms with van der Waals surface area (Å²) in [6.45, 7) is 1.99. The zero-order chi connectivity index (χ0) is 21.1. The first-order valence-corrected chi connectivity index (χ1v) is 10.3. The van der Waals surface area contributed by atoms with Gasteiger partial charge in [-0.1, -0.05) is 24.3 Å². The molecule has 2 aromatic heterocycles. The van der Waals surface area contributed by atoms with Gasteiger partial charge in [0.25, 0.3) is 0 Å². The first-order chi connectivity index (χ1) is 14.5. The molecule has 0 aliphatic carbocycles. The molecule has 8 heteroatoms. The van der Waals surface area contributed by atoms with E-state index < -0.39 is 0 Å². The molecule has 0 fully saturated rings. The third-order valence-electron chi connectivity index (χ3n) is 4.99. The van der Waals surface area contributed by atoms with Gasteiger partial charge in [0.2, 0.25) is 5.91 Å². The number of carbonyl (C=O) groups excluding carboxylic acids is 1. The van der Waals surface area contributed by atoms with Gasteiger partial charge in [0, 0.05) is 18.0 Å². The number of aromatic nitrogens is 4. The summed E-state index contributed by atoms with van der Waals surface area (Å²) >= 11 is 1.41. The fourth-order valence-corrected chi connectivity index (χ4v) is 3.93. The van der Waals surface area contributed by atoms with E-state index in [0.29, 0.717) is 16.3 Å². The van der Waals surface area contributed by atoms with Crippen LogP contribution in [0.5, 0.6) is 0 Å². The van der Waals surface area contributed by atoms with Gasteiger partial charge in [-0.3, -0.25) is 4.79 Å². The quantitative estimate of drug-likeness (QED) is 0.466. The number of halogens is 1. The summed E-state index contributed by atoms with van der Waals surface area (Å²) in [5.41, 5.74) is 3.33. The molecule has 0 saturated carbocycles. The van der Waals surface area contributed by atoms with Crippen molar-refractivity contribution < 1.29 is 9.18 Å².